The second kappa shape index (κ2) is 5.87. The van der Waals surface area contributed by atoms with Crippen LogP contribution in [-0.4, -0.2) is 29.4 Å². The lowest BCUT2D eigenvalue weighted by molar-refractivity contribution is 0.0695. The van der Waals surface area contributed by atoms with Crippen molar-refractivity contribution in [2.45, 2.75) is 39.7 Å². The minimum Gasteiger partial charge on any atom is -0.478 e. The molecule has 1 rings (SSSR count). The first-order valence-corrected chi connectivity index (χ1v) is 5.93. The van der Waals surface area contributed by atoms with Crippen molar-refractivity contribution in [3.8, 4) is 0 Å². The van der Waals surface area contributed by atoms with Crippen LogP contribution in [-0.2, 0) is 4.74 Å². The molecule has 1 atom stereocenters. The Hall–Kier alpha value is -1.29. The predicted molar refractivity (Wildman–Crippen MR) is 66.7 cm³/mol. The Bertz CT molecular complexity index is 390. The van der Waals surface area contributed by atoms with E-state index in [0.717, 1.165) is 24.2 Å². The molecule has 1 heterocycles. The van der Waals surface area contributed by atoms with E-state index in [1.807, 2.05) is 13.8 Å². The third kappa shape index (κ3) is 2.88. The fourth-order valence-corrected chi connectivity index (χ4v) is 2.37. The molecule has 0 radical (unpaired) electrons. The van der Waals surface area contributed by atoms with Crippen LogP contribution >= 0.6 is 0 Å². The van der Waals surface area contributed by atoms with Gasteiger partial charge in [0.05, 0.1) is 18.2 Å². The van der Waals surface area contributed by atoms with E-state index in [0.29, 0.717) is 12.2 Å². The third-order valence-electron chi connectivity index (χ3n) is 3.06. The summed E-state index contributed by atoms with van der Waals surface area (Å²) in [5.41, 5.74) is 2.18. The lowest BCUT2D eigenvalue weighted by Gasteiger charge is -2.21. The molecule has 4 heteroatoms. The molecular formula is C13H21NO3. The van der Waals surface area contributed by atoms with Gasteiger partial charge in [-0.05, 0) is 26.3 Å². The van der Waals surface area contributed by atoms with Gasteiger partial charge in [0.2, 0.25) is 0 Å². The molecule has 0 aromatic carbocycles. The van der Waals surface area contributed by atoms with Crippen LogP contribution < -0.4 is 0 Å². The summed E-state index contributed by atoms with van der Waals surface area (Å²) in [5.74, 6) is -0.864. The maximum atomic E-state index is 11.1. The average molecular weight is 239 g/mol. The van der Waals surface area contributed by atoms with E-state index in [9.17, 15) is 4.79 Å². The van der Waals surface area contributed by atoms with Crippen molar-refractivity contribution >= 4 is 5.97 Å². The van der Waals surface area contributed by atoms with Gasteiger partial charge >= 0.3 is 5.97 Å². The molecule has 0 saturated heterocycles. The topological polar surface area (TPSA) is 51.5 Å². The van der Waals surface area contributed by atoms with E-state index in [1.165, 1.54) is 0 Å². The van der Waals surface area contributed by atoms with Gasteiger partial charge in [0.1, 0.15) is 0 Å². The lowest BCUT2D eigenvalue weighted by atomic mass is 10.1. The van der Waals surface area contributed by atoms with E-state index in [1.54, 1.807) is 13.2 Å². The molecular weight excluding hydrogens is 218 g/mol. The zero-order valence-electron chi connectivity index (χ0n) is 11.0. The largest absolute Gasteiger partial charge is 0.478 e. The summed E-state index contributed by atoms with van der Waals surface area (Å²) in [7, 11) is 1.68. The van der Waals surface area contributed by atoms with Gasteiger partial charge in [-0.15, -0.1) is 0 Å². The van der Waals surface area contributed by atoms with Crippen LogP contribution in [0, 0.1) is 13.8 Å². The molecule has 0 amide bonds. The number of carboxylic acids is 1. The van der Waals surface area contributed by atoms with Crippen LogP contribution in [0.4, 0.5) is 0 Å². The molecule has 1 aromatic heterocycles. The highest BCUT2D eigenvalue weighted by molar-refractivity contribution is 5.89. The van der Waals surface area contributed by atoms with Crippen molar-refractivity contribution in [3.05, 3.63) is 23.0 Å². The quantitative estimate of drug-likeness (QED) is 0.830. The summed E-state index contributed by atoms with van der Waals surface area (Å²) in [6.07, 6.45) is 2.04. The molecule has 1 N–H and O–H groups in total. The molecule has 1 aromatic rings. The minimum absolute atomic E-state index is 0.220. The zero-order valence-corrected chi connectivity index (χ0v) is 11.0. The highest BCUT2D eigenvalue weighted by Crippen LogP contribution is 2.24. The number of aromatic carboxylic acids is 1. The molecule has 0 fully saturated rings. The number of carbonyl (C=O) groups is 1. The summed E-state index contributed by atoms with van der Waals surface area (Å²) in [6, 6.07) is 1.95. The van der Waals surface area contributed by atoms with Crippen LogP contribution in [0.15, 0.2) is 6.07 Å². The molecule has 0 saturated carbocycles. The fourth-order valence-electron chi connectivity index (χ4n) is 2.37. The number of rotatable bonds is 6. The van der Waals surface area contributed by atoms with Crippen LogP contribution in [0.5, 0.6) is 0 Å². The number of hydrogen-bond acceptors (Lipinski definition) is 2. The first-order chi connectivity index (χ1) is 8.02. The van der Waals surface area contributed by atoms with Crippen molar-refractivity contribution in [2.24, 2.45) is 0 Å². The molecule has 0 bridgehead atoms. The monoisotopic (exact) mass is 239 g/mol. The highest BCUT2D eigenvalue weighted by atomic mass is 16.5. The van der Waals surface area contributed by atoms with Crippen molar-refractivity contribution in [1.29, 1.82) is 0 Å². The van der Waals surface area contributed by atoms with Gasteiger partial charge in [-0.2, -0.15) is 0 Å². The SMILES string of the molecule is CCCC(COC)n1c(C)cc(C(=O)O)c1C. The number of ether oxygens (including phenoxy) is 1. The first kappa shape index (κ1) is 13.8. The standard InChI is InChI=1S/C13H21NO3/c1-5-6-11(8-17-4)14-9(2)7-12(10(14)3)13(15)16/h7,11H,5-6,8H2,1-4H3,(H,15,16). The van der Waals surface area contributed by atoms with Crippen molar-refractivity contribution in [3.63, 3.8) is 0 Å². The second-order valence-corrected chi connectivity index (χ2v) is 4.36. The lowest BCUT2D eigenvalue weighted by Crippen LogP contribution is -2.17. The molecule has 1 unspecified atom stereocenters. The predicted octanol–water partition coefficient (Wildman–Crippen LogP) is 2.79. The number of carboxylic acid groups (broad SMARTS) is 1. The molecule has 96 valence electrons. The molecule has 17 heavy (non-hydrogen) atoms. The molecule has 0 aliphatic rings. The van der Waals surface area contributed by atoms with Gasteiger partial charge in [0.15, 0.2) is 0 Å². The maximum absolute atomic E-state index is 11.1. The second-order valence-electron chi connectivity index (χ2n) is 4.36. The summed E-state index contributed by atoms with van der Waals surface area (Å²) in [6.45, 7) is 6.53. The van der Waals surface area contributed by atoms with E-state index in [4.69, 9.17) is 9.84 Å². The number of methoxy groups -OCH3 is 1. The Morgan fingerprint density at radius 2 is 2.18 bits per heavy atom. The normalized spacial score (nSPS) is 12.7. The van der Waals surface area contributed by atoms with E-state index >= 15 is 0 Å². The van der Waals surface area contributed by atoms with E-state index < -0.39 is 5.97 Å². The van der Waals surface area contributed by atoms with Crippen LogP contribution in [0.25, 0.3) is 0 Å². The Labute approximate surface area is 102 Å². The average Bonchev–Trinajstić information content (AvgIpc) is 2.54. The van der Waals surface area contributed by atoms with Gasteiger partial charge in [0.25, 0.3) is 0 Å². The van der Waals surface area contributed by atoms with Gasteiger partial charge in [-0.3, -0.25) is 0 Å². The van der Waals surface area contributed by atoms with Crippen LogP contribution in [0.1, 0.15) is 47.6 Å². The van der Waals surface area contributed by atoms with Crippen LogP contribution in [0.2, 0.25) is 0 Å². The van der Waals surface area contributed by atoms with Crippen molar-refractivity contribution in [2.75, 3.05) is 13.7 Å². The van der Waals surface area contributed by atoms with Gasteiger partial charge in [-0.25, -0.2) is 4.79 Å². The summed E-state index contributed by atoms with van der Waals surface area (Å²) >= 11 is 0. The van der Waals surface area contributed by atoms with Crippen molar-refractivity contribution < 1.29 is 14.6 Å². The third-order valence-corrected chi connectivity index (χ3v) is 3.06. The van der Waals surface area contributed by atoms with Crippen molar-refractivity contribution in [1.82, 2.24) is 4.57 Å². The smallest absolute Gasteiger partial charge is 0.337 e. The molecule has 0 spiro atoms. The first-order valence-electron chi connectivity index (χ1n) is 5.93. The highest BCUT2D eigenvalue weighted by Gasteiger charge is 2.19. The Kier molecular flexibility index (Phi) is 4.75. The van der Waals surface area contributed by atoms with Gasteiger partial charge < -0.3 is 14.4 Å². The maximum Gasteiger partial charge on any atom is 0.337 e. The fraction of sp³-hybridized carbons (Fsp3) is 0.615. The Balaban J connectivity index is 3.13. The number of aromatic nitrogens is 1. The Morgan fingerprint density at radius 3 is 2.59 bits per heavy atom. The Morgan fingerprint density at radius 1 is 1.53 bits per heavy atom. The molecule has 4 nitrogen and oxygen atoms in total. The summed E-state index contributed by atoms with van der Waals surface area (Å²) in [5, 5.41) is 9.10. The number of aryl methyl sites for hydroxylation is 1. The number of hydrogen-bond donors (Lipinski definition) is 1. The molecule has 0 aliphatic carbocycles. The van der Waals surface area contributed by atoms with Gasteiger partial charge in [-0.1, -0.05) is 13.3 Å². The molecule has 0 aliphatic heterocycles. The summed E-state index contributed by atoms with van der Waals surface area (Å²) in [4.78, 5) is 11.1. The summed E-state index contributed by atoms with van der Waals surface area (Å²) < 4.78 is 7.30. The van der Waals surface area contributed by atoms with Gasteiger partial charge in [0, 0.05) is 18.5 Å². The zero-order chi connectivity index (χ0) is 13.0. The number of nitrogens with zero attached hydrogens (tertiary/aromatic N) is 1. The van der Waals surface area contributed by atoms with E-state index in [-0.39, 0.29) is 6.04 Å². The van der Waals surface area contributed by atoms with E-state index in [2.05, 4.69) is 11.5 Å². The minimum atomic E-state index is -0.864. The van der Waals surface area contributed by atoms with Crippen LogP contribution in [0.3, 0.4) is 0 Å².